The lowest BCUT2D eigenvalue weighted by atomic mass is 9.87. The van der Waals surface area contributed by atoms with Crippen molar-refractivity contribution in [2.75, 3.05) is 37.8 Å². The maximum Gasteiger partial charge on any atom is 0.481 e. The second-order valence-corrected chi connectivity index (χ2v) is 22.3. The molecule has 0 aromatic carbocycles. The number of hydrogen-bond acceptors (Lipinski definition) is 18. The number of hydrogen-bond donors (Lipinski definition) is 9. The van der Waals surface area contributed by atoms with Gasteiger partial charge in [0.05, 0.1) is 19.5 Å². The number of fused-ring (bicyclic) bond motifs is 1. The summed E-state index contributed by atoms with van der Waals surface area (Å²) < 4.78 is 62.4. The molecule has 0 radical (unpaired) electrons. The van der Waals surface area contributed by atoms with E-state index in [1.54, 1.807) is 0 Å². The number of aromatic nitrogens is 4. The first-order valence-corrected chi connectivity index (χ1v) is 28.4. The summed E-state index contributed by atoms with van der Waals surface area (Å²) in [5.41, 5.74) is 4.28. The predicted octanol–water partition coefficient (Wildman–Crippen LogP) is 5.26. The molecule has 2 amide bonds. The summed E-state index contributed by atoms with van der Waals surface area (Å²) in [6.45, 7) is 2.75. The van der Waals surface area contributed by atoms with Crippen LogP contribution in [0.15, 0.2) is 37.0 Å². The summed E-state index contributed by atoms with van der Waals surface area (Å²) in [7, 11) is -16.4. The minimum atomic E-state index is -5.58. The highest BCUT2D eigenvalue weighted by molar-refractivity contribution is 8.14. The molecule has 10 N–H and O–H groups in total. The van der Waals surface area contributed by atoms with Crippen molar-refractivity contribution in [3.8, 4) is 0 Å². The Hall–Kier alpha value is -2.96. The molecular formula is C41H70N7O17P3S. The van der Waals surface area contributed by atoms with Gasteiger partial charge in [0.1, 0.15) is 36.3 Å². The van der Waals surface area contributed by atoms with Gasteiger partial charge in [-0.25, -0.2) is 28.6 Å². The fourth-order valence-corrected chi connectivity index (χ4v) is 10.3. The molecule has 2 aromatic heterocycles. The van der Waals surface area contributed by atoms with E-state index in [1.165, 1.54) is 71.3 Å². The summed E-state index contributed by atoms with van der Waals surface area (Å²) in [5, 5.41) is 26.5. The van der Waals surface area contributed by atoms with E-state index in [4.69, 9.17) is 19.5 Å². The standard InChI is InChI=1S/C41H70N7O17P3S/c1-4-5-6-7-8-9-10-11-12-13-14-15-16-17-18-19-20-21-32(50)69-25-24-43-31(49)22-23-44-39(53)36(52)41(2,3)27-62-68(59,60)65-67(57,58)61-26-30-35(64-66(54,55)56)34(51)40(63-30)48-29-47-33-37(42)45-28-46-38(33)48/h13-14,20-21,28-30,34-36,40,51-52H,4-12,15-19,22-27H2,1-3H3,(H,43,49)(H,44,53)(H,57,58)(H,59,60)(H2,42,45,46)(H2,54,55,56)/b14-13-,21-20+/t30-,34-,35-,36+,40-/m1/s1. The maximum atomic E-state index is 12.7. The zero-order valence-corrected chi connectivity index (χ0v) is 42.8. The molecule has 1 aliphatic heterocycles. The number of thioether (sulfide) groups is 1. The van der Waals surface area contributed by atoms with Gasteiger partial charge in [-0.15, -0.1) is 0 Å². The third-order valence-electron chi connectivity index (χ3n) is 10.6. The summed E-state index contributed by atoms with van der Waals surface area (Å²) in [6.07, 6.45) is 17.9. The van der Waals surface area contributed by atoms with Crippen molar-refractivity contribution in [3.05, 3.63) is 37.0 Å². The highest BCUT2D eigenvalue weighted by Crippen LogP contribution is 2.61. The number of rotatable bonds is 35. The van der Waals surface area contributed by atoms with Crippen LogP contribution in [0.25, 0.3) is 11.2 Å². The number of nitrogens with zero attached hydrogens (tertiary/aromatic N) is 4. The molecule has 0 spiro atoms. The number of phosphoric acid groups is 3. The van der Waals surface area contributed by atoms with Crippen molar-refractivity contribution in [1.82, 2.24) is 30.2 Å². The first-order valence-electron chi connectivity index (χ1n) is 22.9. The fraction of sp³-hybridized carbons (Fsp3) is 0.707. The summed E-state index contributed by atoms with van der Waals surface area (Å²) >= 11 is 1.06. The fourth-order valence-electron chi connectivity index (χ4n) is 6.84. The van der Waals surface area contributed by atoms with E-state index < -0.39 is 84.6 Å². The Bertz CT molecular complexity index is 2130. The largest absolute Gasteiger partial charge is 0.481 e. The van der Waals surface area contributed by atoms with Gasteiger partial charge >= 0.3 is 23.5 Å². The average Bonchev–Trinajstić information content (AvgIpc) is 3.84. The molecule has 0 saturated carbocycles. The first kappa shape index (κ1) is 60.3. The van der Waals surface area contributed by atoms with E-state index in [9.17, 15) is 57.9 Å². The SMILES string of the molecule is CCCCCCCCCC/C=C\CCCCC/C=C/C(=O)SCCNC(=O)CCNC(=O)[C@H](O)C(C)(C)COP(=O)(O)OP(=O)(O)OC[C@H]1O[C@@H](n2cnc3c(N)ncnc32)[C@H](O)[C@@H]1OP(=O)(O)O. The van der Waals surface area contributed by atoms with Gasteiger partial charge in [-0.1, -0.05) is 102 Å². The van der Waals surface area contributed by atoms with Gasteiger partial charge in [-0.05, 0) is 44.6 Å². The van der Waals surface area contributed by atoms with Gasteiger partial charge in [0, 0.05) is 30.7 Å². The molecule has 24 nitrogen and oxygen atoms in total. The Balaban J connectivity index is 1.29. The maximum absolute atomic E-state index is 12.7. The Morgan fingerprint density at radius 2 is 1.49 bits per heavy atom. The number of nitrogen functional groups attached to an aromatic ring is 1. The van der Waals surface area contributed by atoms with Crippen LogP contribution in [0.1, 0.15) is 123 Å². The monoisotopic (exact) mass is 1060 g/mol. The van der Waals surface area contributed by atoms with Gasteiger partial charge in [0.15, 0.2) is 17.7 Å². The van der Waals surface area contributed by atoms with Crippen molar-refractivity contribution in [1.29, 1.82) is 0 Å². The molecule has 1 aliphatic rings. The number of nitrogens with two attached hydrogens (primary N) is 1. The predicted molar refractivity (Wildman–Crippen MR) is 256 cm³/mol. The molecule has 392 valence electrons. The highest BCUT2D eigenvalue weighted by atomic mass is 32.2. The van der Waals surface area contributed by atoms with Crippen molar-refractivity contribution in [3.63, 3.8) is 0 Å². The molecule has 1 saturated heterocycles. The normalized spacial score (nSPS) is 20.1. The molecule has 3 heterocycles. The number of unbranched alkanes of at least 4 members (excludes halogenated alkanes) is 12. The minimum absolute atomic E-state index is 0.0317. The van der Waals surface area contributed by atoms with Gasteiger partial charge in [-0.3, -0.25) is 32.5 Å². The topological polar surface area (TPSA) is 364 Å². The zero-order valence-electron chi connectivity index (χ0n) is 39.3. The van der Waals surface area contributed by atoms with Crippen molar-refractivity contribution in [2.45, 2.75) is 148 Å². The Labute approximate surface area is 406 Å². The van der Waals surface area contributed by atoms with Crippen LogP contribution in [0, 0.1) is 5.41 Å². The van der Waals surface area contributed by atoms with Gasteiger partial charge in [0.25, 0.3) is 0 Å². The van der Waals surface area contributed by atoms with Crippen molar-refractivity contribution >= 4 is 69.1 Å². The van der Waals surface area contributed by atoms with E-state index in [1.807, 2.05) is 6.08 Å². The first-order chi connectivity index (χ1) is 32.6. The summed E-state index contributed by atoms with van der Waals surface area (Å²) in [4.78, 5) is 88.3. The minimum Gasteiger partial charge on any atom is -0.386 e. The van der Waals surface area contributed by atoms with E-state index in [2.05, 4.69) is 53.5 Å². The van der Waals surface area contributed by atoms with Crippen LogP contribution < -0.4 is 16.4 Å². The quantitative estimate of drug-likeness (QED) is 0.0184. The molecule has 7 atom stereocenters. The van der Waals surface area contributed by atoms with E-state index in [0.717, 1.165) is 67.5 Å². The number of amides is 2. The number of phosphoric ester groups is 3. The van der Waals surface area contributed by atoms with Crippen molar-refractivity contribution < 1.29 is 80.5 Å². The number of ether oxygens (including phenoxy) is 1. The smallest absolute Gasteiger partial charge is 0.386 e. The van der Waals surface area contributed by atoms with Crippen LogP contribution >= 0.6 is 35.2 Å². The Kier molecular flexibility index (Phi) is 26.4. The summed E-state index contributed by atoms with van der Waals surface area (Å²) in [5.74, 6) is -1.11. The number of aliphatic hydroxyl groups excluding tert-OH is 2. The lowest BCUT2D eigenvalue weighted by Gasteiger charge is -2.30. The molecule has 28 heteroatoms. The van der Waals surface area contributed by atoms with Crippen LogP contribution in [0.4, 0.5) is 5.82 Å². The lowest BCUT2D eigenvalue weighted by Crippen LogP contribution is -2.46. The number of imidazole rings is 1. The van der Waals surface area contributed by atoms with Crippen LogP contribution in [0.2, 0.25) is 0 Å². The van der Waals surface area contributed by atoms with Gasteiger partial charge in [0.2, 0.25) is 16.9 Å². The third kappa shape index (κ3) is 23.0. The highest BCUT2D eigenvalue weighted by Gasteiger charge is 2.50. The zero-order chi connectivity index (χ0) is 51.1. The van der Waals surface area contributed by atoms with Crippen LogP contribution in [0.5, 0.6) is 0 Å². The summed E-state index contributed by atoms with van der Waals surface area (Å²) in [6, 6.07) is 0. The number of allylic oxidation sites excluding steroid dienone is 3. The number of aliphatic hydroxyl groups is 2. The molecule has 2 aromatic rings. The molecule has 0 aliphatic carbocycles. The molecule has 2 unspecified atom stereocenters. The van der Waals surface area contributed by atoms with Gasteiger partial charge in [-0.2, -0.15) is 4.31 Å². The Morgan fingerprint density at radius 1 is 0.884 bits per heavy atom. The molecular weight excluding hydrogens is 987 g/mol. The van der Waals surface area contributed by atoms with Crippen molar-refractivity contribution in [2.24, 2.45) is 5.41 Å². The second-order valence-electron chi connectivity index (χ2n) is 17.0. The molecule has 0 bridgehead atoms. The lowest BCUT2D eigenvalue weighted by molar-refractivity contribution is -0.137. The van der Waals surface area contributed by atoms with E-state index in [0.29, 0.717) is 5.75 Å². The van der Waals surface area contributed by atoms with E-state index in [-0.39, 0.29) is 41.6 Å². The Morgan fingerprint density at radius 3 is 2.14 bits per heavy atom. The molecule has 69 heavy (non-hydrogen) atoms. The molecule has 3 rings (SSSR count). The third-order valence-corrected chi connectivity index (χ3v) is 14.6. The van der Waals surface area contributed by atoms with Crippen LogP contribution in [-0.2, 0) is 50.7 Å². The van der Waals surface area contributed by atoms with Gasteiger partial charge < -0.3 is 50.9 Å². The molecule has 1 fully saturated rings. The van der Waals surface area contributed by atoms with Crippen LogP contribution in [-0.4, -0.2) is 123 Å². The number of nitrogens with one attached hydrogen (secondary N) is 2. The second kappa shape index (κ2) is 30.2. The number of carbonyl (C=O) groups excluding carboxylic acids is 3. The number of carbonyl (C=O) groups is 3. The average molecular weight is 1060 g/mol. The van der Waals surface area contributed by atoms with E-state index >= 15 is 0 Å². The van der Waals surface area contributed by atoms with Crippen LogP contribution in [0.3, 0.4) is 0 Å². The number of anilines is 1.